The molecule has 1 heterocycles. The normalized spacial score (nSPS) is 10.0. The second-order valence-corrected chi connectivity index (χ2v) is 3.89. The van der Waals surface area contributed by atoms with Gasteiger partial charge in [0.15, 0.2) is 0 Å². The maximum absolute atomic E-state index is 11.8. The van der Waals surface area contributed by atoms with Crippen LogP contribution in [0.2, 0.25) is 0 Å². The molecule has 0 unspecified atom stereocenters. The van der Waals surface area contributed by atoms with E-state index in [1.807, 2.05) is 0 Å². The minimum absolute atomic E-state index is 0.143. The Morgan fingerprint density at radius 2 is 2.28 bits per heavy atom. The third-order valence-electron chi connectivity index (χ3n) is 1.98. The summed E-state index contributed by atoms with van der Waals surface area (Å²) in [7, 11) is 0. The number of benzene rings is 1. The molecule has 10 heteroatoms. The van der Waals surface area contributed by atoms with Gasteiger partial charge in [0.05, 0.1) is 4.92 Å². The minimum Gasteiger partial charge on any atom is -0.399 e. The summed E-state index contributed by atoms with van der Waals surface area (Å²) < 4.78 is 3.45. The van der Waals surface area contributed by atoms with Crippen LogP contribution >= 0.6 is 11.5 Å². The molecule has 2 rings (SSSR count). The number of aromatic nitrogens is 3. The molecule has 0 aliphatic heterocycles. The zero-order chi connectivity index (χ0) is 13.1. The van der Waals surface area contributed by atoms with Gasteiger partial charge < -0.3 is 5.73 Å². The lowest BCUT2D eigenvalue weighted by atomic mass is 10.1. The van der Waals surface area contributed by atoms with Crippen molar-refractivity contribution in [2.24, 2.45) is 0 Å². The van der Waals surface area contributed by atoms with Crippen molar-refractivity contribution < 1.29 is 9.72 Å². The van der Waals surface area contributed by atoms with Crippen LogP contribution in [0.1, 0.15) is 10.4 Å². The number of anilines is 2. The van der Waals surface area contributed by atoms with E-state index < -0.39 is 10.8 Å². The second kappa shape index (κ2) is 4.71. The highest BCUT2D eigenvalue weighted by molar-refractivity contribution is 7.09. The molecule has 3 N–H and O–H groups in total. The summed E-state index contributed by atoms with van der Waals surface area (Å²) in [5.74, 6) is -0.687. The topological polar surface area (TPSA) is 137 Å². The number of carbonyl (C=O) groups is 1. The standard InChI is InChI=1S/C8H6N6O3S/c9-4-1-2-6(14(16)17)5(3-4)7(15)10-8-11-12-13-18-8/h1-3H,9H2,(H,10,11,13,15). The average molecular weight is 266 g/mol. The zero-order valence-corrected chi connectivity index (χ0v) is 9.55. The predicted molar refractivity (Wildman–Crippen MR) is 63.2 cm³/mol. The molecule has 0 fully saturated rings. The van der Waals surface area contributed by atoms with Crippen LogP contribution in [0.25, 0.3) is 0 Å². The third kappa shape index (κ3) is 2.38. The van der Waals surface area contributed by atoms with Crippen LogP contribution in [0, 0.1) is 10.1 Å². The van der Waals surface area contributed by atoms with E-state index in [0.29, 0.717) is 0 Å². The van der Waals surface area contributed by atoms with Crippen LogP contribution in [0.5, 0.6) is 0 Å². The van der Waals surface area contributed by atoms with E-state index in [2.05, 4.69) is 20.1 Å². The molecule has 92 valence electrons. The van der Waals surface area contributed by atoms with Crippen LogP contribution in [-0.4, -0.2) is 25.6 Å². The fourth-order valence-electron chi connectivity index (χ4n) is 1.24. The first-order valence-electron chi connectivity index (χ1n) is 4.58. The summed E-state index contributed by atoms with van der Waals surface area (Å²) in [5.41, 5.74) is 5.27. The molecular formula is C8H6N6O3S. The quantitative estimate of drug-likeness (QED) is 0.473. The number of hydrogen-bond donors (Lipinski definition) is 2. The Hall–Kier alpha value is -2.62. The highest BCUT2D eigenvalue weighted by Crippen LogP contribution is 2.22. The molecular weight excluding hydrogens is 260 g/mol. The van der Waals surface area contributed by atoms with E-state index in [0.717, 1.165) is 11.5 Å². The zero-order valence-electron chi connectivity index (χ0n) is 8.73. The van der Waals surface area contributed by atoms with Gasteiger partial charge in [-0.05, 0) is 17.3 Å². The van der Waals surface area contributed by atoms with Crippen molar-refractivity contribution in [3.8, 4) is 0 Å². The minimum atomic E-state index is -0.687. The molecule has 0 radical (unpaired) electrons. The van der Waals surface area contributed by atoms with E-state index in [4.69, 9.17) is 5.73 Å². The van der Waals surface area contributed by atoms with Crippen molar-refractivity contribution >= 4 is 33.9 Å². The Kier molecular flexibility index (Phi) is 3.10. The molecule has 0 atom stereocenters. The maximum Gasteiger partial charge on any atom is 0.282 e. The molecule has 18 heavy (non-hydrogen) atoms. The molecule has 0 saturated carbocycles. The van der Waals surface area contributed by atoms with Crippen molar-refractivity contribution in [1.29, 1.82) is 0 Å². The van der Waals surface area contributed by atoms with Gasteiger partial charge in [-0.15, -0.1) is 0 Å². The Bertz CT molecular complexity index is 599. The number of nitrogens with two attached hydrogens (primary N) is 1. The van der Waals surface area contributed by atoms with E-state index in [-0.39, 0.29) is 22.1 Å². The Morgan fingerprint density at radius 3 is 2.89 bits per heavy atom. The predicted octanol–water partition coefficient (Wildman–Crippen LogP) is 0.676. The van der Waals surface area contributed by atoms with Crippen molar-refractivity contribution in [1.82, 2.24) is 14.8 Å². The smallest absolute Gasteiger partial charge is 0.282 e. The molecule has 1 amide bonds. The van der Waals surface area contributed by atoms with Crippen LogP contribution in [-0.2, 0) is 0 Å². The van der Waals surface area contributed by atoms with E-state index >= 15 is 0 Å². The number of nitrogen functional groups attached to an aromatic ring is 1. The number of carbonyl (C=O) groups excluding carboxylic acids is 1. The first kappa shape index (κ1) is 11.9. The lowest BCUT2D eigenvalue weighted by Gasteiger charge is -2.03. The first-order chi connectivity index (χ1) is 8.58. The van der Waals surface area contributed by atoms with Crippen molar-refractivity contribution in [2.45, 2.75) is 0 Å². The van der Waals surface area contributed by atoms with Crippen LogP contribution in [0.15, 0.2) is 18.2 Å². The van der Waals surface area contributed by atoms with Gasteiger partial charge in [0.25, 0.3) is 11.6 Å². The van der Waals surface area contributed by atoms with Gasteiger partial charge in [0.1, 0.15) is 5.56 Å². The number of nitro benzene ring substituents is 1. The van der Waals surface area contributed by atoms with Gasteiger partial charge in [-0.25, -0.2) is 0 Å². The SMILES string of the molecule is Nc1ccc([N+](=O)[O-])c(C(=O)Nc2nnns2)c1. The van der Waals surface area contributed by atoms with Gasteiger partial charge in [-0.1, -0.05) is 9.59 Å². The van der Waals surface area contributed by atoms with Gasteiger partial charge in [-0.2, -0.15) is 0 Å². The molecule has 0 aliphatic rings. The number of rotatable bonds is 3. The highest BCUT2D eigenvalue weighted by Gasteiger charge is 2.21. The van der Waals surface area contributed by atoms with E-state index in [1.54, 1.807) is 0 Å². The molecule has 0 spiro atoms. The fraction of sp³-hybridized carbons (Fsp3) is 0. The summed E-state index contributed by atoms with van der Waals surface area (Å²) >= 11 is 0.859. The van der Waals surface area contributed by atoms with Crippen LogP contribution < -0.4 is 11.1 Å². The van der Waals surface area contributed by atoms with Crippen molar-refractivity contribution in [3.05, 3.63) is 33.9 Å². The maximum atomic E-state index is 11.8. The average Bonchev–Trinajstić information content (AvgIpc) is 2.81. The molecule has 9 nitrogen and oxygen atoms in total. The lowest BCUT2D eigenvalue weighted by Crippen LogP contribution is -2.14. The first-order valence-corrected chi connectivity index (χ1v) is 5.35. The summed E-state index contributed by atoms with van der Waals surface area (Å²) in [6.07, 6.45) is 0. The van der Waals surface area contributed by atoms with Gasteiger partial charge in [-0.3, -0.25) is 20.2 Å². The number of nitro groups is 1. The van der Waals surface area contributed by atoms with E-state index in [9.17, 15) is 14.9 Å². The Labute approximate surface area is 104 Å². The Morgan fingerprint density at radius 1 is 1.50 bits per heavy atom. The number of amides is 1. The molecule has 0 saturated heterocycles. The molecule has 0 bridgehead atoms. The lowest BCUT2D eigenvalue weighted by molar-refractivity contribution is -0.385. The van der Waals surface area contributed by atoms with E-state index in [1.165, 1.54) is 18.2 Å². The molecule has 0 aliphatic carbocycles. The summed E-state index contributed by atoms with van der Waals surface area (Å²) in [6, 6.07) is 3.74. The van der Waals surface area contributed by atoms with Gasteiger partial charge in [0.2, 0.25) is 5.13 Å². The number of nitrogens with zero attached hydrogens (tertiary/aromatic N) is 4. The van der Waals surface area contributed by atoms with Crippen LogP contribution in [0.4, 0.5) is 16.5 Å². The molecule has 1 aromatic carbocycles. The summed E-state index contributed by atoms with van der Waals surface area (Å²) in [4.78, 5) is 22.0. The fourth-order valence-corrected chi connectivity index (χ4v) is 1.60. The third-order valence-corrected chi connectivity index (χ3v) is 2.49. The van der Waals surface area contributed by atoms with Crippen molar-refractivity contribution in [3.63, 3.8) is 0 Å². The molecule has 1 aromatic heterocycles. The van der Waals surface area contributed by atoms with Crippen LogP contribution in [0.3, 0.4) is 0 Å². The highest BCUT2D eigenvalue weighted by atomic mass is 32.1. The number of hydrogen-bond acceptors (Lipinski definition) is 8. The van der Waals surface area contributed by atoms with Crippen molar-refractivity contribution in [2.75, 3.05) is 11.1 Å². The van der Waals surface area contributed by atoms with Gasteiger partial charge in [0, 0.05) is 23.3 Å². The monoisotopic (exact) mass is 266 g/mol. The largest absolute Gasteiger partial charge is 0.399 e. The molecule has 2 aromatic rings. The number of nitrogens with one attached hydrogen (secondary N) is 1. The summed E-state index contributed by atoms with van der Waals surface area (Å²) in [5, 5.41) is 20.1. The van der Waals surface area contributed by atoms with Gasteiger partial charge >= 0.3 is 0 Å². The second-order valence-electron chi connectivity index (χ2n) is 3.16. The Balaban J connectivity index is 2.34. The summed E-state index contributed by atoms with van der Waals surface area (Å²) in [6.45, 7) is 0.